The van der Waals surface area contributed by atoms with Gasteiger partial charge in [-0.05, 0) is 39.0 Å². The molecular formula is C14H26N2O3. The quantitative estimate of drug-likeness (QED) is 0.757. The molecule has 0 unspecified atom stereocenters. The monoisotopic (exact) mass is 270 g/mol. The third kappa shape index (κ3) is 2.58. The molecule has 2 fully saturated rings. The van der Waals surface area contributed by atoms with Gasteiger partial charge in [0, 0.05) is 13.1 Å². The van der Waals surface area contributed by atoms with Crippen molar-refractivity contribution in [2.75, 3.05) is 13.1 Å². The van der Waals surface area contributed by atoms with Crippen LogP contribution in [0.25, 0.3) is 0 Å². The lowest BCUT2D eigenvalue weighted by Gasteiger charge is -2.63. The first-order valence-electron chi connectivity index (χ1n) is 6.85. The summed E-state index contributed by atoms with van der Waals surface area (Å²) in [6.07, 6.45) is 1.04. The topological polar surface area (TPSA) is 75.8 Å². The average molecular weight is 270 g/mol. The average Bonchev–Trinajstić information content (AvgIpc) is 2.05. The third-order valence-electron chi connectivity index (χ3n) is 4.07. The van der Waals surface area contributed by atoms with E-state index < -0.39 is 16.7 Å². The molecule has 110 valence electrons. The van der Waals surface area contributed by atoms with Crippen molar-refractivity contribution in [3.8, 4) is 0 Å². The van der Waals surface area contributed by atoms with Crippen LogP contribution in [0.1, 0.15) is 47.5 Å². The highest BCUT2D eigenvalue weighted by molar-refractivity contribution is 5.70. The summed E-state index contributed by atoms with van der Waals surface area (Å²) < 4.78 is 5.29. The summed E-state index contributed by atoms with van der Waals surface area (Å²) in [6.45, 7) is 10.5. The van der Waals surface area contributed by atoms with Gasteiger partial charge in [0.25, 0.3) is 0 Å². The fourth-order valence-corrected chi connectivity index (χ4v) is 3.27. The Morgan fingerprint density at radius 1 is 1.26 bits per heavy atom. The van der Waals surface area contributed by atoms with E-state index in [4.69, 9.17) is 10.5 Å². The Morgan fingerprint density at radius 2 is 1.74 bits per heavy atom. The number of ether oxygens (including phenoxy) is 1. The van der Waals surface area contributed by atoms with E-state index >= 15 is 0 Å². The van der Waals surface area contributed by atoms with Crippen LogP contribution in [-0.4, -0.2) is 45.9 Å². The van der Waals surface area contributed by atoms with Gasteiger partial charge in [0.1, 0.15) is 5.60 Å². The number of amides is 1. The Labute approximate surface area is 115 Å². The van der Waals surface area contributed by atoms with Gasteiger partial charge in [-0.1, -0.05) is 13.8 Å². The lowest BCUT2D eigenvalue weighted by Crippen LogP contribution is -2.82. The number of rotatable bonds is 1. The van der Waals surface area contributed by atoms with Crippen molar-refractivity contribution in [2.45, 2.75) is 64.2 Å². The van der Waals surface area contributed by atoms with Crippen LogP contribution in [0.4, 0.5) is 4.79 Å². The van der Waals surface area contributed by atoms with Gasteiger partial charge in [0.05, 0.1) is 11.1 Å². The molecule has 2 rings (SSSR count). The van der Waals surface area contributed by atoms with Gasteiger partial charge in [0.2, 0.25) is 0 Å². The van der Waals surface area contributed by atoms with Crippen LogP contribution in [0, 0.1) is 5.41 Å². The van der Waals surface area contributed by atoms with Crippen LogP contribution in [0.15, 0.2) is 0 Å². The molecule has 5 heteroatoms. The lowest BCUT2D eigenvalue weighted by atomic mass is 9.53. The number of carbonyl (C=O) groups is 1. The minimum atomic E-state index is -0.838. The van der Waals surface area contributed by atoms with E-state index in [0.29, 0.717) is 25.9 Å². The number of hydrogen-bond donors (Lipinski definition) is 2. The van der Waals surface area contributed by atoms with E-state index in [1.807, 2.05) is 20.8 Å². The number of nitrogens with two attached hydrogens (primary N) is 1. The molecule has 0 radical (unpaired) electrons. The predicted octanol–water partition coefficient (Wildman–Crippen LogP) is 1.49. The maximum atomic E-state index is 11.9. The van der Waals surface area contributed by atoms with Crippen LogP contribution >= 0.6 is 0 Å². The zero-order valence-corrected chi connectivity index (χ0v) is 12.6. The molecule has 0 aromatic heterocycles. The molecule has 1 saturated heterocycles. The highest BCUT2D eigenvalue weighted by Crippen LogP contribution is 2.54. The summed E-state index contributed by atoms with van der Waals surface area (Å²) in [5, 5.41) is 10.6. The first kappa shape index (κ1) is 14.6. The van der Waals surface area contributed by atoms with Crippen molar-refractivity contribution < 1.29 is 14.6 Å². The first-order valence-corrected chi connectivity index (χ1v) is 6.85. The van der Waals surface area contributed by atoms with Crippen LogP contribution < -0.4 is 5.73 Å². The highest BCUT2D eigenvalue weighted by atomic mass is 16.6. The Bertz CT molecular complexity index is 384. The standard InChI is InChI=1S/C14H26N2O3/c1-11(2,3)19-10(17)16-8-13(15,9-16)14(18)6-12(4,5)7-14/h18H,6-9,15H2,1-5H3. The van der Waals surface area contributed by atoms with Gasteiger partial charge in [0.15, 0.2) is 0 Å². The van der Waals surface area contributed by atoms with Crippen molar-refractivity contribution in [2.24, 2.45) is 11.1 Å². The molecule has 3 N–H and O–H groups in total. The van der Waals surface area contributed by atoms with Crippen molar-refractivity contribution in [3.05, 3.63) is 0 Å². The van der Waals surface area contributed by atoms with Gasteiger partial charge < -0.3 is 20.5 Å². The van der Waals surface area contributed by atoms with Gasteiger partial charge in [-0.15, -0.1) is 0 Å². The molecule has 1 saturated carbocycles. The lowest BCUT2D eigenvalue weighted by molar-refractivity contribution is -0.192. The Balaban J connectivity index is 1.90. The van der Waals surface area contributed by atoms with Crippen molar-refractivity contribution >= 4 is 6.09 Å². The summed E-state index contributed by atoms with van der Waals surface area (Å²) >= 11 is 0. The fraction of sp³-hybridized carbons (Fsp3) is 0.929. The minimum absolute atomic E-state index is 0.146. The number of aliphatic hydroxyl groups is 1. The van der Waals surface area contributed by atoms with E-state index in [1.54, 1.807) is 4.90 Å². The molecule has 1 heterocycles. The Kier molecular flexibility index (Phi) is 2.96. The van der Waals surface area contributed by atoms with Gasteiger partial charge >= 0.3 is 6.09 Å². The second-order valence-corrected chi connectivity index (χ2v) is 8.04. The smallest absolute Gasteiger partial charge is 0.410 e. The molecule has 0 aromatic carbocycles. The molecule has 2 aliphatic rings. The van der Waals surface area contributed by atoms with Gasteiger partial charge in [-0.3, -0.25) is 0 Å². The molecule has 0 aromatic rings. The molecule has 0 spiro atoms. The zero-order valence-electron chi connectivity index (χ0n) is 12.6. The maximum Gasteiger partial charge on any atom is 0.410 e. The highest BCUT2D eigenvalue weighted by Gasteiger charge is 2.64. The van der Waals surface area contributed by atoms with Crippen molar-refractivity contribution in [3.63, 3.8) is 0 Å². The summed E-state index contributed by atoms with van der Waals surface area (Å²) in [6, 6.07) is 0. The summed E-state index contributed by atoms with van der Waals surface area (Å²) in [7, 11) is 0. The number of likely N-dealkylation sites (tertiary alicyclic amines) is 1. The number of carbonyl (C=O) groups excluding carboxylic acids is 1. The maximum absolute atomic E-state index is 11.9. The molecule has 0 bridgehead atoms. The molecule has 19 heavy (non-hydrogen) atoms. The van der Waals surface area contributed by atoms with Gasteiger partial charge in [-0.25, -0.2) is 4.79 Å². The van der Waals surface area contributed by atoms with Crippen LogP contribution in [0.5, 0.6) is 0 Å². The molecule has 1 aliphatic carbocycles. The van der Waals surface area contributed by atoms with E-state index in [1.165, 1.54) is 0 Å². The van der Waals surface area contributed by atoms with E-state index in [2.05, 4.69) is 13.8 Å². The Hall–Kier alpha value is -0.810. The summed E-state index contributed by atoms with van der Waals surface area (Å²) in [5.74, 6) is 0. The van der Waals surface area contributed by atoms with Crippen LogP contribution in [0.3, 0.4) is 0 Å². The van der Waals surface area contributed by atoms with Crippen LogP contribution in [0.2, 0.25) is 0 Å². The van der Waals surface area contributed by atoms with Crippen LogP contribution in [-0.2, 0) is 4.74 Å². The fourth-order valence-electron chi connectivity index (χ4n) is 3.27. The molecular weight excluding hydrogens is 244 g/mol. The normalized spacial score (nSPS) is 27.2. The second-order valence-electron chi connectivity index (χ2n) is 8.04. The van der Waals surface area contributed by atoms with Crippen molar-refractivity contribution in [1.82, 2.24) is 4.90 Å². The van der Waals surface area contributed by atoms with Gasteiger partial charge in [-0.2, -0.15) is 0 Å². The molecule has 5 nitrogen and oxygen atoms in total. The number of hydrogen-bond acceptors (Lipinski definition) is 4. The molecule has 1 aliphatic heterocycles. The number of nitrogens with zero attached hydrogens (tertiary/aromatic N) is 1. The summed E-state index contributed by atoms with van der Waals surface area (Å²) in [4.78, 5) is 13.4. The first-order chi connectivity index (χ1) is 8.36. The van der Waals surface area contributed by atoms with E-state index in [-0.39, 0.29) is 11.5 Å². The zero-order chi connectivity index (χ0) is 14.7. The Morgan fingerprint density at radius 3 is 2.11 bits per heavy atom. The van der Waals surface area contributed by atoms with E-state index in [9.17, 15) is 9.90 Å². The second kappa shape index (κ2) is 3.85. The van der Waals surface area contributed by atoms with Crippen molar-refractivity contribution in [1.29, 1.82) is 0 Å². The minimum Gasteiger partial charge on any atom is -0.444 e. The molecule has 0 atom stereocenters. The SMILES string of the molecule is CC1(C)CC(O)(C2(N)CN(C(=O)OC(C)(C)C)C2)C1. The van der Waals surface area contributed by atoms with E-state index in [0.717, 1.165) is 0 Å². The summed E-state index contributed by atoms with van der Waals surface area (Å²) in [5.41, 5.74) is 4.38. The predicted molar refractivity (Wildman–Crippen MR) is 72.7 cm³/mol. The largest absolute Gasteiger partial charge is 0.444 e. The third-order valence-corrected chi connectivity index (χ3v) is 4.07. The molecule has 1 amide bonds.